The van der Waals surface area contributed by atoms with E-state index in [-0.39, 0.29) is 0 Å². The van der Waals surface area contributed by atoms with Crippen LogP contribution in [0.5, 0.6) is 0 Å². The van der Waals surface area contributed by atoms with Gasteiger partial charge in [-0.05, 0) is 37.5 Å². The molecule has 2 unspecified atom stereocenters. The van der Waals surface area contributed by atoms with Crippen LogP contribution in [0.15, 0.2) is 0 Å². The van der Waals surface area contributed by atoms with Crippen molar-refractivity contribution < 1.29 is 9.53 Å². The number of ether oxygens (including phenoxy) is 1. The van der Waals surface area contributed by atoms with Crippen molar-refractivity contribution >= 4 is 5.91 Å². The summed E-state index contributed by atoms with van der Waals surface area (Å²) in [7, 11) is 0. The molecule has 0 aromatic carbocycles. The molecule has 1 aliphatic carbocycles. The Morgan fingerprint density at radius 1 is 1.28 bits per heavy atom. The Morgan fingerprint density at radius 2 is 2.11 bits per heavy atom. The fraction of sp³-hybridized carbons (Fsp3) is 0.929. The number of carbonyl (C=O) groups is 1. The molecule has 4 nitrogen and oxygen atoms in total. The van der Waals surface area contributed by atoms with Crippen molar-refractivity contribution in [1.82, 2.24) is 10.2 Å². The Morgan fingerprint density at radius 3 is 2.83 bits per heavy atom. The van der Waals surface area contributed by atoms with E-state index < -0.39 is 0 Å². The van der Waals surface area contributed by atoms with E-state index in [1.807, 2.05) is 0 Å². The van der Waals surface area contributed by atoms with Crippen LogP contribution in [0, 0.1) is 11.8 Å². The van der Waals surface area contributed by atoms with Gasteiger partial charge in [0.15, 0.2) is 0 Å². The minimum absolute atomic E-state index is 0.297. The van der Waals surface area contributed by atoms with Crippen molar-refractivity contribution in [2.24, 2.45) is 11.8 Å². The molecule has 3 rings (SSSR count). The van der Waals surface area contributed by atoms with Crippen molar-refractivity contribution in [1.29, 1.82) is 0 Å². The van der Waals surface area contributed by atoms with E-state index in [1.54, 1.807) is 0 Å². The second kappa shape index (κ2) is 5.57. The summed E-state index contributed by atoms with van der Waals surface area (Å²) in [6.45, 7) is 3.26. The Kier molecular flexibility index (Phi) is 3.85. The van der Waals surface area contributed by atoms with E-state index in [9.17, 15) is 4.79 Å². The van der Waals surface area contributed by atoms with Gasteiger partial charge >= 0.3 is 0 Å². The summed E-state index contributed by atoms with van der Waals surface area (Å²) in [5.74, 6) is 1.66. The standard InChI is InChI=1S/C14H24N2O2/c17-13-9-15-14(12-3-1-2-4-12)16(13)7-5-11-6-8-18-10-11/h11-12,14-15H,1-10H2. The predicted molar refractivity (Wildman–Crippen MR) is 69.0 cm³/mol. The average molecular weight is 252 g/mol. The molecule has 0 spiro atoms. The molecule has 1 saturated carbocycles. The molecule has 0 bridgehead atoms. The molecule has 0 radical (unpaired) electrons. The van der Waals surface area contributed by atoms with E-state index in [0.717, 1.165) is 26.2 Å². The van der Waals surface area contributed by atoms with Crippen LogP contribution in [0.2, 0.25) is 0 Å². The summed E-state index contributed by atoms with van der Waals surface area (Å²) in [5.41, 5.74) is 0. The predicted octanol–water partition coefficient (Wildman–Crippen LogP) is 1.36. The molecular formula is C14H24N2O2. The van der Waals surface area contributed by atoms with Crippen LogP contribution in [0.4, 0.5) is 0 Å². The molecule has 102 valence electrons. The maximum absolute atomic E-state index is 12.0. The topological polar surface area (TPSA) is 41.6 Å². The van der Waals surface area contributed by atoms with Crippen LogP contribution in [0.3, 0.4) is 0 Å². The van der Waals surface area contributed by atoms with Crippen molar-refractivity contribution in [2.45, 2.75) is 44.7 Å². The van der Waals surface area contributed by atoms with E-state index >= 15 is 0 Å². The Balaban J connectivity index is 1.54. The fourth-order valence-corrected chi connectivity index (χ4v) is 3.65. The molecule has 3 aliphatic rings. The molecule has 18 heavy (non-hydrogen) atoms. The van der Waals surface area contributed by atoms with Crippen molar-refractivity contribution in [2.75, 3.05) is 26.3 Å². The van der Waals surface area contributed by atoms with Crippen molar-refractivity contribution in [3.8, 4) is 0 Å². The minimum Gasteiger partial charge on any atom is -0.381 e. The molecule has 1 N–H and O–H groups in total. The Labute approximate surface area is 109 Å². The quantitative estimate of drug-likeness (QED) is 0.821. The number of carbonyl (C=O) groups excluding carboxylic acids is 1. The number of amides is 1. The highest BCUT2D eigenvalue weighted by Gasteiger charge is 2.37. The van der Waals surface area contributed by atoms with E-state index in [4.69, 9.17) is 4.74 Å². The third kappa shape index (κ3) is 2.54. The van der Waals surface area contributed by atoms with Gasteiger partial charge in [0.1, 0.15) is 0 Å². The molecule has 0 aromatic heterocycles. The maximum atomic E-state index is 12.0. The van der Waals surface area contributed by atoms with Crippen molar-refractivity contribution in [3.05, 3.63) is 0 Å². The van der Waals surface area contributed by atoms with Crippen LogP contribution in [-0.4, -0.2) is 43.3 Å². The summed E-state index contributed by atoms with van der Waals surface area (Å²) in [5, 5.41) is 3.42. The number of nitrogens with zero attached hydrogens (tertiary/aromatic N) is 1. The second-order valence-electron chi connectivity index (χ2n) is 5.98. The highest BCUT2D eigenvalue weighted by molar-refractivity contribution is 5.80. The first-order valence-corrected chi connectivity index (χ1v) is 7.45. The number of rotatable bonds is 4. The Bertz CT molecular complexity index is 296. The fourth-order valence-electron chi connectivity index (χ4n) is 3.65. The molecule has 1 amide bonds. The van der Waals surface area contributed by atoms with Crippen LogP contribution in [0.25, 0.3) is 0 Å². The molecule has 3 fully saturated rings. The minimum atomic E-state index is 0.297. The zero-order chi connectivity index (χ0) is 12.4. The number of hydrogen-bond donors (Lipinski definition) is 1. The van der Waals surface area contributed by atoms with Gasteiger partial charge in [-0.3, -0.25) is 10.1 Å². The van der Waals surface area contributed by atoms with Gasteiger partial charge in [0.05, 0.1) is 12.7 Å². The van der Waals surface area contributed by atoms with Crippen LogP contribution >= 0.6 is 0 Å². The number of hydrogen-bond acceptors (Lipinski definition) is 3. The average Bonchev–Trinajstić information content (AvgIpc) is 3.08. The molecular weight excluding hydrogens is 228 g/mol. The van der Waals surface area contributed by atoms with Crippen LogP contribution in [0.1, 0.15) is 38.5 Å². The summed E-state index contributed by atoms with van der Waals surface area (Å²) >= 11 is 0. The molecule has 2 aliphatic heterocycles. The summed E-state index contributed by atoms with van der Waals surface area (Å²) in [6, 6.07) is 0. The lowest BCUT2D eigenvalue weighted by atomic mass is 10.0. The van der Waals surface area contributed by atoms with Gasteiger partial charge in [0, 0.05) is 19.8 Å². The molecule has 2 atom stereocenters. The zero-order valence-corrected chi connectivity index (χ0v) is 11.1. The van der Waals surface area contributed by atoms with E-state index in [2.05, 4.69) is 10.2 Å². The largest absolute Gasteiger partial charge is 0.381 e. The molecule has 2 heterocycles. The van der Waals surface area contributed by atoms with Gasteiger partial charge in [-0.1, -0.05) is 12.8 Å². The van der Waals surface area contributed by atoms with Gasteiger partial charge < -0.3 is 9.64 Å². The van der Waals surface area contributed by atoms with Crippen LogP contribution < -0.4 is 5.32 Å². The summed E-state index contributed by atoms with van der Waals surface area (Å²) < 4.78 is 5.41. The van der Waals surface area contributed by atoms with Gasteiger partial charge in [-0.25, -0.2) is 0 Å². The zero-order valence-electron chi connectivity index (χ0n) is 11.1. The third-order valence-corrected chi connectivity index (χ3v) is 4.77. The van der Waals surface area contributed by atoms with Gasteiger partial charge in [-0.15, -0.1) is 0 Å². The molecule has 2 saturated heterocycles. The highest BCUT2D eigenvalue weighted by atomic mass is 16.5. The monoisotopic (exact) mass is 252 g/mol. The van der Waals surface area contributed by atoms with E-state index in [0.29, 0.717) is 30.5 Å². The highest BCUT2D eigenvalue weighted by Crippen LogP contribution is 2.31. The number of nitrogens with one attached hydrogen (secondary N) is 1. The first-order valence-electron chi connectivity index (χ1n) is 7.45. The smallest absolute Gasteiger partial charge is 0.237 e. The third-order valence-electron chi connectivity index (χ3n) is 4.77. The molecule has 4 heteroatoms. The lowest BCUT2D eigenvalue weighted by molar-refractivity contribution is -0.128. The lowest BCUT2D eigenvalue weighted by Crippen LogP contribution is -2.43. The summed E-state index contributed by atoms with van der Waals surface area (Å²) in [4.78, 5) is 14.1. The maximum Gasteiger partial charge on any atom is 0.237 e. The van der Waals surface area contributed by atoms with Gasteiger partial charge in [0.2, 0.25) is 5.91 Å². The Hall–Kier alpha value is -0.610. The molecule has 0 aromatic rings. The summed E-state index contributed by atoms with van der Waals surface area (Å²) in [6.07, 6.45) is 7.84. The van der Waals surface area contributed by atoms with Gasteiger partial charge in [0.25, 0.3) is 0 Å². The SMILES string of the molecule is O=C1CNC(C2CCCC2)N1CCC1CCOC1. The first kappa shape index (κ1) is 12.4. The lowest BCUT2D eigenvalue weighted by Gasteiger charge is -2.29. The first-order chi connectivity index (χ1) is 8.84. The van der Waals surface area contributed by atoms with Gasteiger partial charge in [-0.2, -0.15) is 0 Å². The van der Waals surface area contributed by atoms with Crippen molar-refractivity contribution in [3.63, 3.8) is 0 Å². The normalized spacial score (nSPS) is 33.8. The van der Waals surface area contributed by atoms with Crippen LogP contribution in [-0.2, 0) is 9.53 Å². The second-order valence-corrected chi connectivity index (χ2v) is 5.98. The van der Waals surface area contributed by atoms with E-state index in [1.165, 1.54) is 32.1 Å².